The first-order valence-corrected chi connectivity index (χ1v) is 7.54. The van der Waals surface area contributed by atoms with E-state index in [-0.39, 0.29) is 42.6 Å². The van der Waals surface area contributed by atoms with E-state index in [4.69, 9.17) is 0 Å². The summed E-state index contributed by atoms with van der Waals surface area (Å²) in [7, 11) is 0. The Kier molecular flexibility index (Phi) is 8.02. The number of rotatable bonds is 6. The maximum absolute atomic E-state index is 12.1. The molecular formula is C16H24ClN3O3. The van der Waals surface area contributed by atoms with Crippen LogP contribution in [0.5, 0.6) is 0 Å². The Morgan fingerprint density at radius 2 is 2.00 bits per heavy atom. The molecule has 0 radical (unpaired) electrons. The van der Waals surface area contributed by atoms with Gasteiger partial charge in [0.2, 0.25) is 11.8 Å². The maximum Gasteiger partial charge on any atom is 0.222 e. The second-order valence-electron chi connectivity index (χ2n) is 5.66. The Hall–Kier alpha value is -1.63. The van der Waals surface area contributed by atoms with Crippen molar-refractivity contribution in [1.82, 2.24) is 16.0 Å². The van der Waals surface area contributed by atoms with Crippen LogP contribution in [-0.2, 0) is 9.59 Å². The highest BCUT2D eigenvalue weighted by molar-refractivity contribution is 5.85. The first-order chi connectivity index (χ1) is 10.6. The second kappa shape index (κ2) is 9.50. The average molecular weight is 342 g/mol. The van der Waals surface area contributed by atoms with Crippen molar-refractivity contribution < 1.29 is 14.7 Å². The molecule has 7 heteroatoms. The molecule has 1 aromatic carbocycles. The summed E-state index contributed by atoms with van der Waals surface area (Å²) >= 11 is 0. The van der Waals surface area contributed by atoms with E-state index in [0.717, 1.165) is 5.56 Å². The van der Waals surface area contributed by atoms with Gasteiger partial charge in [-0.1, -0.05) is 30.3 Å². The van der Waals surface area contributed by atoms with Gasteiger partial charge in [-0.05, 0) is 5.56 Å². The number of hydrogen-bond acceptors (Lipinski definition) is 4. The second-order valence-corrected chi connectivity index (χ2v) is 5.66. The zero-order valence-electron chi connectivity index (χ0n) is 13.1. The van der Waals surface area contributed by atoms with Gasteiger partial charge in [0.25, 0.3) is 0 Å². The van der Waals surface area contributed by atoms with Crippen molar-refractivity contribution in [3.8, 4) is 0 Å². The molecule has 0 spiro atoms. The van der Waals surface area contributed by atoms with Gasteiger partial charge in [0.15, 0.2) is 0 Å². The van der Waals surface area contributed by atoms with Gasteiger partial charge in [0.05, 0.1) is 18.6 Å². The van der Waals surface area contributed by atoms with Crippen molar-refractivity contribution in [2.24, 2.45) is 5.92 Å². The maximum atomic E-state index is 12.1. The molecule has 0 aliphatic carbocycles. The van der Waals surface area contributed by atoms with Crippen LogP contribution < -0.4 is 16.0 Å². The van der Waals surface area contributed by atoms with Gasteiger partial charge >= 0.3 is 0 Å². The zero-order valence-corrected chi connectivity index (χ0v) is 13.9. The summed E-state index contributed by atoms with van der Waals surface area (Å²) in [5.74, 6) is -0.265. The van der Waals surface area contributed by atoms with Crippen LogP contribution in [0.2, 0.25) is 0 Å². The number of amides is 2. The van der Waals surface area contributed by atoms with E-state index < -0.39 is 6.10 Å². The van der Waals surface area contributed by atoms with Gasteiger partial charge in [-0.3, -0.25) is 9.59 Å². The van der Waals surface area contributed by atoms with E-state index in [1.807, 2.05) is 30.3 Å². The normalized spacial score (nSPS) is 21.1. The largest absolute Gasteiger partial charge is 0.391 e. The summed E-state index contributed by atoms with van der Waals surface area (Å²) < 4.78 is 0. The summed E-state index contributed by atoms with van der Waals surface area (Å²) in [5.41, 5.74) is 0.899. The van der Waals surface area contributed by atoms with Gasteiger partial charge in [0, 0.05) is 32.5 Å². The fourth-order valence-corrected chi connectivity index (χ4v) is 2.61. The Bertz CT molecular complexity index is 513. The molecule has 128 valence electrons. The van der Waals surface area contributed by atoms with Gasteiger partial charge in [-0.25, -0.2) is 0 Å². The third-order valence-corrected chi connectivity index (χ3v) is 3.83. The van der Waals surface area contributed by atoms with E-state index >= 15 is 0 Å². The van der Waals surface area contributed by atoms with E-state index in [1.54, 1.807) is 0 Å². The summed E-state index contributed by atoms with van der Waals surface area (Å²) in [4.78, 5) is 23.4. The minimum absolute atomic E-state index is 0. The molecule has 1 aliphatic rings. The molecule has 2 amide bonds. The molecule has 0 saturated carbocycles. The summed E-state index contributed by atoms with van der Waals surface area (Å²) in [6.45, 7) is 3.15. The molecule has 0 aromatic heterocycles. The van der Waals surface area contributed by atoms with Crippen molar-refractivity contribution in [2.45, 2.75) is 25.5 Å². The van der Waals surface area contributed by atoms with Crippen LogP contribution in [0.25, 0.3) is 0 Å². The fraction of sp³-hybridized carbons (Fsp3) is 0.500. The third-order valence-electron chi connectivity index (χ3n) is 3.83. The Morgan fingerprint density at radius 3 is 2.57 bits per heavy atom. The average Bonchev–Trinajstić information content (AvgIpc) is 2.90. The molecule has 2 rings (SSSR count). The molecule has 4 N–H and O–H groups in total. The lowest BCUT2D eigenvalue weighted by molar-refractivity contribution is -0.123. The van der Waals surface area contributed by atoms with Crippen LogP contribution in [0.1, 0.15) is 24.9 Å². The molecule has 3 unspecified atom stereocenters. The minimum atomic E-state index is -0.416. The lowest BCUT2D eigenvalue weighted by atomic mass is 10.0. The molecular weight excluding hydrogens is 318 g/mol. The molecule has 6 nitrogen and oxygen atoms in total. The Labute approximate surface area is 142 Å². The SMILES string of the molecule is CC(=O)NC(CC(=O)NCC1CNCC1O)c1ccccc1.Cl. The number of halogens is 1. The van der Waals surface area contributed by atoms with E-state index in [9.17, 15) is 14.7 Å². The molecule has 3 atom stereocenters. The molecule has 1 heterocycles. The highest BCUT2D eigenvalue weighted by Gasteiger charge is 2.25. The van der Waals surface area contributed by atoms with Crippen LogP contribution in [0.4, 0.5) is 0 Å². The number of β-amino-alcohol motifs (C(OH)–C–C–N with tert-alkyl or cyclic N) is 1. The summed E-state index contributed by atoms with van der Waals surface area (Å²) in [5, 5.41) is 18.4. The number of nitrogens with one attached hydrogen (secondary N) is 3. The number of benzene rings is 1. The van der Waals surface area contributed by atoms with Gasteiger partial charge in [-0.2, -0.15) is 0 Å². The van der Waals surface area contributed by atoms with Crippen LogP contribution >= 0.6 is 12.4 Å². The predicted octanol–water partition coefficient (Wildman–Crippen LogP) is 0.372. The number of carbonyl (C=O) groups excluding carboxylic acids is 2. The highest BCUT2D eigenvalue weighted by Crippen LogP contribution is 2.16. The summed E-state index contributed by atoms with van der Waals surface area (Å²) in [6.07, 6.45) is -0.236. The van der Waals surface area contributed by atoms with Crippen molar-refractivity contribution in [3.05, 3.63) is 35.9 Å². The van der Waals surface area contributed by atoms with Crippen molar-refractivity contribution in [1.29, 1.82) is 0 Å². The topological polar surface area (TPSA) is 90.5 Å². The summed E-state index contributed by atoms with van der Waals surface area (Å²) in [6, 6.07) is 9.08. The Balaban J connectivity index is 0.00000264. The molecule has 1 aromatic rings. The van der Waals surface area contributed by atoms with Crippen LogP contribution in [0, 0.1) is 5.92 Å². The van der Waals surface area contributed by atoms with Gasteiger partial charge < -0.3 is 21.1 Å². The smallest absolute Gasteiger partial charge is 0.222 e. The van der Waals surface area contributed by atoms with E-state index in [0.29, 0.717) is 19.6 Å². The molecule has 1 fully saturated rings. The van der Waals surface area contributed by atoms with E-state index in [1.165, 1.54) is 6.92 Å². The Morgan fingerprint density at radius 1 is 1.30 bits per heavy atom. The van der Waals surface area contributed by atoms with Crippen LogP contribution in [0.15, 0.2) is 30.3 Å². The third kappa shape index (κ3) is 6.17. The quantitative estimate of drug-likeness (QED) is 0.602. The molecule has 0 bridgehead atoms. The number of aliphatic hydroxyl groups is 1. The highest BCUT2D eigenvalue weighted by atomic mass is 35.5. The first kappa shape index (κ1) is 19.4. The van der Waals surface area contributed by atoms with Crippen LogP contribution in [-0.4, -0.2) is 42.7 Å². The van der Waals surface area contributed by atoms with Crippen LogP contribution in [0.3, 0.4) is 0 Å². The molecule has 1 aliphatic heterocycles. The lowest BCUT2D eigenvalue weighted by Crippen LogP contribution is -2.37. The van der Waals surface area contributed by atoms with Gasteiger partial charge in [0.1, 0.15) is 0 Å². The fourth-order valence-electron chi connectivity index (χ4n) is 2.61. The van der Waals surface area contributed by atoms with Crippen molar-refractivity contribution >= 4 is 24.2 Å². The predicted molar refractivity (Wildman–Crippen MR) is 90.2 cm³/mol. The number of hydrogen-bond donors (Lipinski definition) is 4. The minimum Gasteiger partial charge on any atom is -0.391 e. The van der Waals surface area contributed by atoms with Gasteiger partial charge in [-0.15, -0.1) is 12.4 Å². The zero-order chi connectivity index (χ0) is 15.9. The lowest BCUT2D eigenvalue weighted by Gasteiger charge is -2.19. The number of carbonyl (C=O) groups is 2. The van der Waals surface area contributed by atoms with E-state index in [2.05, 4.69) is 16.0 Å². The monoisotopic (exact) mass is 341 g/mol. The van der Waals surface area contributed by atoms with Crippen molar-refractivity contribution in [2.75, 3.05) is 19.6 Å². The molecule has 1 saturated heterocycles. The molecule has 23 heavy (non-hydrogen) atoms. The standard InChI is InChI=1S/C16H23N3O3.ClH/c1-11(20)19-14(12-5-3-2-4-6-12)7-16(22)18-9-13-8-17-10-15(13)21;/h2-6,13-15,17,21H,7-10H2,1H3,(H,18,22)(H,19,20);1H. The van der Waals surface area contributed by atoms with Crippen molar-refractivity contribution in [3.63, 3.8) is 0 Å². The first-order valence-electron chi connectivity index (χ1n) is 7.54. The number of aliphatic hydroxyl groups excluding tert-OH is 1.